The molecule has 2 heterocycles. The number of rotatable bonds is 0. The number of nitrogens with zero attached hydrogens (tertiary/aromatic N) is 2. The van der Waals surface area contributed by atoms with E-state index in [9.17, 15) is 4.79 Å². The number of hydrogen-bond donors (Lipinski definition) is 2. The van der Waals surface area contributed by atoms with Crippen LogP contribution in [-0.4, -0.2) is 14.6 Å². The van der Waals surface area contributed by atoms with Gasteiger partial charge in [-0.25, -0.2) is 9.50 Å². The first-order valence-corrected chi connectivity index (χ1v) is 4.48. The Morgan fingerprint density at radius 2 is 2.23 bits per heavy atom. The van der Waals surface area contributed by atoms with E-state index >= 15 is 0 Å². The van der Waals surface area contributed by atoms with Crippen molar-refractivity contribution in [2.45, 2.75) is 18.9 Å². The monoisotopic (exact) mass is 197 g/mol. The fourth-order valence-electron chi connectivity index (χ4n) is 0.915. The fraction of sp³-hybridized carbons (Fsp3) is 0.250. The molecular weight excluding hydrogens is 186 g/mol. The van der Waals surface area contributed by atoms with Crippen molar-refractivity contribution in [1.82, 2.24) is 14.6 Å². The van der Waals surface area contributed by atoms with Gasteiger partial charge in [-0.1, -0.05) is 13.8 Å². The molecule has 0 aliphatic rings. The Morgan fingerprint density at radius 3 is 2.92 bits per heavy atom. The lowest BCUT2D eigenvalue weighted by molar-refractivity contribution is 0.877. The Hall–Kier alpha value is -1.23. The van der Waals surface area contributed by atoms with Crippen molar-refractivity contribution in [3.05, 3.63) is 28.7 Å². The van der Waals surface area contributed by atoms with Gasteiger partial charge in [0.05, 0.1) is 0 Å². The highest BCUT2D eigenvalue weighted by atomic mass is 32.1. The second kappa shape index (κ2) is 4.13. The van der Waals surface area contributed by atoms with Crippen LogP contribution in [0.4, 0.5) is 0 Å². The van der Waals surface area contributed by atoms with Crippen molar-refractivity contribution in [2.24, 2.45) is 0 Å². The van der Waals surface area contributed by atoms with Gasteiger partial charge in [0.15, 0.2) is 5.65 Å². The molecule has 0 amide bonds. The number of fused-ring (bicyclic) bond motifs is 1. The van der Waals surface area contributed by atoms with Crippen LogP contribution >= 0.6 is 12.6 Å². The van der Waals surface area contributed by atoms with Crippen LogP contribution in [0.2, 0.25) is 0 Å². The maximum Gasteiger partial charge on any atom is 0.273 e. The third kappa shape index (κ3) is 1.92. The number of H-pyrrole nitrogens is 1. The molecule has 0 aromatic carbocycles. The number of thiol groups is 1. The Labute approximate surface area is 81.0 Å². The van der Waals surface area contributed by atoms with Gasteiger partial charge in [-0.15, -0.1) is 12.6 Å². The summed E-state index contributed by atoms with van der Waals surface area (Å²) in [5.41, 5.74) is 0.438. The largest absolute Gasteiger partial charge is 0.297 e. The quantitative estimate of drug-likeness (QED) is 0.494. The van der Waals surface area contributed by atoms with Gasteiger partial charge in [0.2, 0.25) is 0 Å². The third-order valence-electron chi connectivity index (χ3n) is 1.37. The van der Waals surface area contributed by atoms with E-state index in [1.54, 1.807) is 12.3 Å². The van der Waals surface area contributed by atoms with Gasteiger partial charge in [-0.2, -0.15) is 0 Å². The molecular formula is C8H11N3OS. The highest BCUT2D eigenvalue weighted by Crippen LogP contribution is 1.99. The first-order valence-electron chi connectivity index (χ1n) is 4.03. The maximum absolute atomic E-state index is 11.1. The molecule has 0 spiro atoms. The van der Waals surface area contributed by atoms with Crippen LogP contribution in [0, 0.1) is 0 Å². The minimum absolute atomic E-state index is 0.148. The smallest absolute Gasteiger partial charge is 0.273 e. The van der Waals surface area contributed by atoms with Crippen molar-refractivity contribution in [3.8, 4) is 0 Å². The third-order valence-corrected chi connectivity index (χ3v) is 1.60. The summed E-state index contributed by atoms with van der Waals surface area (Å²) in [6.45, 7) is 4.00. The standard InChI is InChI=1S/C6H5N3OS.C2H6/c10-6-3-5(11)8-4-1-2-7-9(4)6;1-2/h1-3,7,11H;1-2H3. The topological polar surface area (TPSA) is 50.2 Å². The molecule has 0 aliphatic heterocycles. The zero-order valence-electron chi connectivity index (χ0n) is 7.48. The van der Waals surface area contributed by atoms with Crippen molar-refractivity contribution < 1.29 is 0 Å². The normalized spacial score (nSPS) is 9.46. The highest BCUT2D eigenvalue weighted by molar-refractivity contribution is 7.80. The van der Waals surface area contributed by atoms with Crippen molar-refractivity contribution in [1.29, 1.82) is 0 Å². The van der Waals surface area contributed by atoms with Crippen molar-refractivity contribution >= 4 is 18.3 Å². The summed E-state index contributed by atoms with van der Waals surface area (Å²) in [4.78, 5) is 15.1. The SMILES string of the molecule is CC.O=c1cc(S)nc2cc[nH]n12. The predicted octanol–water partition coefficient (Wildman–Crippen LogP) is 1.34. The van der Waals surface area contributed by atoms with E-state index < -0.39 is 0 Å². The fourth-order valence-corrected chi connectivity index (χ4v) is 1.13. The second-order valence-electron chi connectivity index (χ2n) is 2.11. The average molecular weight is 197 g/mol. The minimum Gasteiger partial charge on any atom is -0.297 e. The van der Waals surface area contributed by atoms with Crippen molar-refractivity contribution in [3.63, 3.8) is 0 Å². The van der Waals surface area contributed by atoms with Crippen molar-refractivity contribution in [2.75, 3.05) is 0 Å². The molecule has 0 unspecified atom stereocenters. The predicted molar refractivity (Wildman–Crippen MR) is 54.4 cm³/mol. The molecule has 4 nitrogen and oxygen atoms in total. The molecule has 0 saturated heterocycles. The van der Waals surface area contributed by atoms with E-state index in [0.717, 1.165) is 0 Å². The van der Waals surface area contributed by atoms with Crippen LogP contribution in [0.1, 0.15) is 13.8 Å². The van der Waals surface area contributed by atoms with E-state index in [2.05, 4.69) is 22.7 Å². The van der Waals surface area contributed by atoms with E-state index in [-0.39, 0.29) is 5.56 Å². The van der Waals surface area contributed by atoms with Gasteiger partial charge >= 0.3 is 0 Å². The van der Waals surface area contributed by atoms with Gasteiger partial charge in [0.25, 0.3) is 5.56 Å². The minimum atomic E-state index is -0.148. The van der Waals surface area contributed by atoms with E-state index in [4.69, 9.17) is 0 Å². The number of hydrogen-bond acceptors (Lipinski definition) is 3. The molecule has 13 heavy (non-hydrogen) atoms. The second-order valence-corrected chi connectivity index (χ2v) is 2.57. The summed E-state index contributed by atoms with van der Waals surface area (Å²) in [5.74, 6) is 0. The summed E-state index contributed by atoms with van der Waals surface area (Å²) in [7, 11) is 0. The van der Waals surface area contributed by atoms with Crippen LogP contribution in [0.25, 0.3) is 5.65 Å². The summed E-state index contributed by atoms with van der Waals surface area (Å²) in [6, 6.07) is 3.06. The number of nitrogens with one attached hydrogen (secondary N) is 1. The zero-order valence-corrected chi connectivity index (χ0v) is 8.38. The molecule has 0 bridgehead atoms. The molecule has 0 saturated carbocycles. The molecule has 1 N–H and O–H groups in total. The number of aromatic nitrogens is 3. The van der Waals surface area contributed by atoms with Gasteiger partial charge in [0, 0.05) is 18.3 Å². The summed E-state index contributed by atoms with van der Waals surface area (Å²) < 4.78 is 1.35. The Morgan fingerprint density at radius 1 is 1.54 bits per heavy atom. The molecule has 0 radical (unpaired) electrons. The molecule has 2 rings (SSSR count). The van der Waals surface area contributed by atoms with Gasteiger partial charge in [-0.05, 0) is 0 Å². The zero-order chi connectivity index (χ0) is 9.84. The van der Waals surface area contributed by atoms with E-state index in [1.807, 2.05) is 13.8 Å². The molecule has 2 aromatic rings. The van der Waals surface area contributed by atoms with Gasteiger partial charge in [0.1, 0.15) is 5.03 Å². The first kappa shape index (κ1) is 9.85. The van der Waals surface area contributed by atoms with Crippen LogP contribution in [-0.2, 0) is 0 Å². The molecule has 0 aliphatic carbocycles. The Kier molecular flexibility index (Phi) is 3.13. The lowest BCUT2D eigenvalue weighted by atomic mass is 10.6. The van der Waals surface area contributed by atoms with Gasteiger partial charge in [-0.3, -0.25) is 9.89 Å². The molecule has 70 valence electrons. The summed E-state index contributed by atoms with van der Waals surface area (Å²) in [6.07, 6.45) is 1.65. The summed E-state index contributed by atoms with van der Waals surface area (Å²) >= 11 is 3.97. The average Bonchev–Trinajstić information content (AvgIpc) is 2.55. The highest BCUT2D eigenvalue weighted by Gasteiger charge is 1.97. The van der Waals surface area contributed by atoms with Crippen LogP contribution < -0.4 is 5.56 Å². The molecule has 2 aromatic heterocycles. The van der Waals surface area contributed by atoms with Crippen LogP contribution in [0.5, 0.6) is 0 Å². The maximum atomic E-state index is 11.1. The van der Waals surface area contributed by atoms with Crippen LogP contribution in [0.3, 0.4) is 0 Å². The van der Waals surface area contributed by atoms with E-state index in [0.29, 0.717) is 10.7 Å². The molecule has 0 atom stereocenters. The first-order chi connectivity index (χ1) is 6.27. The van der Waals surface area contributed by atoms with Gasteiger partial charge < -0.3 is 0 Å². The lowest BCUT2D eigenvalue weighted by Crippen LogP contribution is -2.13. The Bertz CT molecular complexity index is 446. The lowest BCUT2D eigenvalue weighted by Gasteiger charge is -1.91. The summed E-state index contributed by atoms with van der Waals surface area (Å²) in [5, 5.41) is 3.16. The Balaban J connectivity index is 0.000000396. The number of aromatic amines is 1. The molecule has 0 fully saturated rings. The van der Waals surface area contributed by atoms with E-state index in [1.165, 1.54) is 10.6 Å². The van der Waals surface area contributed by atoms with Crippen LogP contribution in [0.15, 0.2) is 28.2 Å². The molecule has 5 heteroatoms.